The molecule has 1 aromatic carbocycles. The number of nitrogens with zero attached hydrogens (tertiary/aromatic N) is 2. The third kappa shape index (κ3) is 2.22. The topological polar surface area (TPSA) is 88.9 Å². The van der Waals surface area contributed by atoms with E-state index in [-0.39, 0.29) is 22.7 Å². The van der Waals surface area contributed by atoms with E-state index in [0.29, 0.717) is 20.3 Å². The summed E-state index contributed by atoms with van der Waals surface area (Å²) in [5.41, 5.74) is 6.94. The maximum atomic E-state index is 13.0. The Hall–Kier alpha value is -2.91. The molecule has 6 heteroatoms. The highest BCUT2D eigenvalue weighted by Gasteiger charge is 2.31. The van der Waals surface area contributed by atoms with Crippen molar-refractivity contribution >= 4 is 34.6 Å². The van der Waals surface area contributed by atoms with Gasteiger partial charge < -0.3 is 5.73 Å². The highest BCUT2D eigenvalue weighted by molar-refractivity contribution is 7.07. The Balaban J connectivity index is 2.43. The number of carbonyl (C=O) groups excluding carboxylic acids is 1. The lowest BCUT2D eigenvalue weighted by Gasteiger charge is -2.21. The van der Waals surface area contributed by atoms with Gasteiger partial charge in [0.25, 0.3) is 5.56 Å². The van der Waals surface area contributed by atoms with E-state index in [1.807, 2.05) is 6.07 Å². The van der Waals surface area contributed by atoms with E-state index < -0.39 is 5.92 Å². The van der Waals surface area contributed by atoms with Crippen LogP contribution >= 0.6 is 11.3 Å². The van der Waals surface area contributed by atoms with Crippen LogP contribution in [-0.4, -0.2) is 10.4 Å². The van der Waals surface area contributed by atoms with Crippen molar-refractivity contribution in [2.24, 2.45) is 11.7 Å². The van der Waals surface area contributed by atoms with Gasteiger partial charge in [0.05, 0.1) is 16.2 Å². The van der Waals surface area contributed by atoms with E-state index in [0.717, 1.165) is 0 Å². The van der Waals surface area contributed by atoms with Gasteiger partial charge in [0.15, 0.2) is 5.78 Å². The van der Waals surface area contributed by atoms with Gasteiger partial charge in [-0.25, -0.2) is 0 Å². The normalized spacial score (nSPS) is 17.6. The first-order valence-electron chi connectivity index (χ1n) is 7.43. The third-order valence-corrected chi connectivity index (χ3v) is 5.33. The van der Waals surface area contributed by atoms with Gasteiger partial charge in [0, 0.05) is 17.1 Å². The molecule has 0 saturated carbocycles. The molecular formula is C18H15N3O2S. The van der Waals surface area contributed by atoms with Gasteiger partial charge in [-0.3, -0.25) is 14.2 Å². The third-order valence-electron chi connectivity index (χ3n) is 4.10. The number of allylic oxidation sites excluding steroid dienone is 1. The molecule has 1 aliphatic rings. The molecule has 0 radical (unpaired) electrons. The number of benzene rings is 1. The molecule has 3 rings (SSSR count). The lowest BCUT2D eigenvalue weighted by Crippen LogP contribution is -2.39. The molecule has 0 bridgehead atoms. The second-order valence-electron chi connectivity index (χ2n) is 5.44. The first-order valence-corrected chi connectivity index (χ1v) is 8.25. The number of aromatic nitrogens is 1. The van der Waals surface area contributed by atoms with Crippen LogP contribution in [0.25, 0.3) is 17.5 Å². The quantitative estimate of drug-likeness (QED) is 0.830. The van der Waals surface area contributed by atoms with Crippen LogP contribution in [0, 0.1) is 17.2 Å². The Kier molecular flexibility index (Phi) is 3.96. The molecule has 0 saturated heterocycles. The summed E-state index contributed by atoms with van der Waals surface area (Å²) in [4.78, 5) is 25.5. The zero-order valence-corrected chi connectivity index (χ0v) is 14.1. The maximum Gasteiger partial charge on any atom is 0.274 e. The number of ketones is 1. The predicted molar refractivity (Wildman–Crippen MR) is 94.3 cm³/mol. The van der Waals surface area contributed by atoms with E-state index in [9.17, 15) is 14.9 Å². The molecular weight excluding hydrogens is 322 g/mol. The Morgan fingerprint density at radius 1 is 1.38 bits per heavy atom. The van der Waals surface area contributed by atoms with Crippen LogP contribution < -0.4 is 20.5 Å². The molecule has 0 aliphatic carbocycles. The van der Waals surface area contributed by atoms with Crippen molar-refractivity contribution in [2.75, 3.05) is 0 Å². The van der Waals surface area contributed by atoms with Gasteiger partial charge >= 0.3 is 0 Å². The molecule has 0 fully saturated rings. The lowest BCUT2D eigenvalue weighted by molar-refractivity contribution is 0.104. The molecule has 0 spiro atoms. The fourth-order valence-corrected chi connectivity index (χ4v) is 3.99. The SMILES string of the molecule is C/C=c1\sc2n(c1=O)C(N)=C(C#N)[C@H](C)C=2C(=O)c1ccccc1. The number of nitrogens with two attached hydrogens (primary N) is 1. The first-order chi connectivity index (χ1) is 11.5. The second-order valence-corrected chi connectivity index (χ2v) is 6.47. The Labute approximate surface area is 142 Å². The molecule has 2 heterocycles. The largest absolute Gasteiger partial charge is 0.384 e. The summed E-state index contributed by atoms with van der Waals surface area (Å²) in [6.45, 7) is 3.52. The smallest absolute Gasteiger partial charge is 0.274 e. The average molecular weight is 337 g/mol. The van der Waals surface area contributed by atoms with E-state index in [1.165, 1.54) is 15.9 Å². The van der Waals surface area contributed by atoms with Crippen molar-refractivity contribution in [3.8, 4) is 6.07 Å². The molecule has 24 heavy (non-hydrogen) atoms. The van der Waals surface area contributed by atoms with Crippen molar-refractivity contribution in [3.05, 3.63) is 61.0 Å². The van der Waals surface area contributed by atoms with Crippen molar-refractivity contribution in [3.63, 3.8) is 0 Å². The number of fused-ring (bicyclic) bond motifs is 1. The predicted octanol–water partition coefficient (Wildman–Crippen LogP) is 1.04. The molecule has 2 aromatic rings. The molecule has 1 aliphatic heterocycles. The number of carbonyl (C=O) groups is 1. The number of nitriles is 1. The zero-order chi connectivity index (χ0) is 17.4. The second kappa shape index (κ2) is 5.95. The molecule has 1 atom stereocenters. The summed E-state index contributed by atoms with van der Waals surface area (Å²) in [7, 11) is 0. The minimum absolute atomic E-state index is 0.110. The van der Waals surface area contributed by atoms with Gasteiger partial charge in [0.2, 0.25) is 0 Å². The van der Waals surface area contributed by atoms with Crippen LogP contribution in [0.15, 0.2) is 40.7 Å². The summed E-state index contributed by atoms with van der Waals surface area (Å²) in [6.07, 6.45) is 1.69. The Morgan fingerprint density at radius 2 is 2.04 bits per heavy atom. The van der Waals surface area contributed by atoms with E-state index >= 15 is 0 Å². The minimum atomic E-state index is -0.467. The van der Waals surface area contributed by atoms with Gasteiger partial charge in [-0.05, 0) is 6.92 Å². The van der Waals surface area contributed by atoms with E-state index in [4.69, 9.17) is 5.73 Å². The first kappa shape index (κ1) is 16.0. The van der Waals surface area contributed by atoms with Gasteiger partial charge in [0.1, 0.15) is 10.5 Å². The zero-order valence-electron chi connectivity index (χ0n) is 13.2. The Bertz CT molecular complexity index is 1080. The molecule has 2 N–H and O–H groups in total. The maximum absolute atomic E-state index is 13.0. The summed E-state index contributed by atoms with van der Waals surface area (Å²) >= 11 is 1.23. The van der Waals surface area contributed by atoms with Crippen LogP contribution in [0.5, 0.6) is 0 Å². The monoisotopic (exact) mass is 337 g/mol. The number of hydrogen-bond acceptors (Lipinski definition) is 5. The van der Waals surface area contributed by atoms with E-state index in [2.05, 4.69) is 6.07 Å². The number of hydrogen-bond donors (Lipinski definition) is 1. The van der Waals surface area contributed by atoms with Crippen molar-refractivity contribution < 1.29 is 4.79 Å². The minimum Gasteiger partial charge on any atom is -0.384 e. The fraction of sp³-hybridized carbons (Fsp3) is 0.167. The average Bonchev–Trinajstić information content (AvgIpc) is 2.92. The summed E-state index contributed by atoms with van der Waals surface area (Å²) in [5.74, 6) is -0.551. The van der Waals surface area contributed by atoms with Crippen LogP contribution in [0.1, 0.15) is 24.2 Å². The number of thiazole rings is 1. The molecule has 0 amide bonds. The highest BCUT2D eigenvalue weighted by Crippen LogP contribution is 2.28. The highest BCUT2D eigenvalue weighted by atomic mass is 32.1. The van der Waals surface area contributed by atoms with Crippen molar-refractivity contribution in [1.29, 1.82) is 5.26 Å². The van der Waals surface area contributed by atoms with Gasteiger partial charge in [-0.2, -0.15) is 5.26 Å². The van der Waals surface area contributed by atoms with Crippen LogP contribution in [0.3, 0.4) is 0 Å². The van der Waals surface area contributed by atoms with Crippen molar-refractivity contribution in [1.82, 2.24) is 4.57 Å². The lowest BCUT2D eigenvalue weighted by atomic mass is 9.87. The Morgan fingerprint density at radius 3 is 2.62 bits per heavy atom. The molecule has 5 nitrogen and oxygen atoms in total. The van der Waals surface area contributed by atoms with Crippen LogP contribution in [0.4, 0.5) is 0 Å². The summed E-state index contributed by atoms with van der Waals surface area (Å²) < 4.78 is 2.29. The van der Waals surface area contributed by atoms with E-state index in [1.54, 1.807) is 44.2 Å². The van der Waals surface area contributed by atoms with Gasteiger partial charge in [-0.1, -0.05) is 43.3 Å². The van der Waals surface area contributed by atoms with Gasteiger partial charge in [-0.15, -0.1) is 11.3 Å². The number of Topliss-reactive ketones (excluding diaryl/α,β-unsaturated/α-hetero) is 1. The standard InChI is InChI=1S/C18H15N3O2S/c1-3-13-17(23)21-16(20)12(9-19)10(2)14(18(21)24-13)15(22)11-7-5-4-6-8-11/h3-8,10H,20H2,1-2H3/b13-3-/t10-/m0/s1. The van der Waals surface area contributed by atoms with Crippen LogP contribution in [0.2, 0.25) is 0 Å². The molecule has 1 aromatic heterocycles. The molecule has 120 valence electrons. The summed E-state index contributed by atoms with van der Waals surface area (Å²) in [6, 6.07) is 10.9. The van der Waals surface area contributed by atoms with Crippen molar-refractivity contribution in [2.45, 2.75) is 13.8 Å². The number of rotatable bonds is 2. The van der Waals surface area contributed by atoms with Crippen LogP contribution in [-0.2, 0) is 0 Å². The molecule has 0 unspecified atom stereocenters. The fourth-order valence-electron chi connectivity index (χ4n) is 2.84. The summed E-state index contributed by atoms with van der Waals surface area (Å²) in [5, 5.41) is 9.45.